The molecular formula is C50H50Br2N8O6S6. The Labute approximate surface area is 458 Å². The maximum absolute atomic E-state index is 5.59. The van der Waals surface area contributed by atoms with Crippen LogP contribution in [0.25, 0.3) is 51.1 Å². The molecule has 0 aliphatic rings. The first-order valence-electron chi connectivity index (χ1n) is 21.2. The largest absolute Gasteiger partial charge is 0.495 e. The summed E-state index contributed by atoms with van der Waals surface area (Å²) in [6.45, 7) is 6.00. The molecule has 72 heavy (non-hydrogen) atoms. The number of anilines is 3. The molecule has 6 N–H and O–H groups in total. The highest BCUT2D eigenvalue weighted by molar-refractivity contribution is 9.11. The monoisotopic (exact) mass is 1210 g/mol. The second-order valence-electron chi connectivity index (χ2n) is 14.5. The standard InChI is InChI=1S/2C9H8BrNOS.C9H9NOS.2C8H8N2OS.C7H9NOS/c2*1-5-11-8-7(12-2)4-3-6(10)9(8)13-5;1-6-10-9-7(11-2)4-3-5-8(9)12-6;2*1-11-5-3-2-4-6-7(5)10-8(9)12-6;1-9-5-3-2-4-6(10)7(5)8/h2*3-4H,1-2H3;3-5H,1-2H3;2*2-4H,1H3,(H2,9,10);2-4,10H,8H2,1H3. The normalized spacial score (nSPS) is 10.4. The van der Waals surface area contributed by atoms with Crippen molar-refractivity contribution in [2.24, 2.45) is 0 Å². The number of rotatable bonds is 6. The molecule has 14 nitrogen and oxygen atoms in total. The number of aryl methyl sites for hydroxylation is 3. The van der Waals surface area contributed by atoms with Crippen LogP contribution in [0.4, 0.5) is 16.0 Å². The number of hydrogen-bond donors (Lipinski definition) is 4. The number of benzene rings is 6. The van der Waals surface area contributed by atoms with Gasteiger partial charge in [0, 0.05) is 13.8 Å². The second-order valence-corrected chi connectivity index (χ2v) is 22.4. The highest BCUT2D eigenvalue weighted by atomic mass is 79.9. The van der Waals surface area contributed by atoms with Gasteiger partial charge in [-0.1, -0.05) is 46.9 Å². The molecule has 0 unspecified atom stereocenters. The van der Waals surface area contributed by atoms with E-state index in [1.807, 2.05) is 106 Å². The zero-order valence-electron chi connectivity index (χ0n) is 40.4. The predicted octanol–water partition coefficient (Wildman–Crippen LogP) is 14.7. The van der Waals surface area contributed by atoms with Crippen LogP contribution in [-0.2, 0) is 0 Å². The van der Waals surface area contributed by atoms with Gasteiger partial charge in [0.15, 0.2) is 10.3 Å². The summed E-state index contributed by atoms with van der Waals surface area (Å²) in [5, 5.41) is 4.35. The van der Waals surface area contributed by atoms with E-state index in [4.69, 9.17) is 45.6 Å². The molecule has 11 rings (SSSR count). The second kappa shape index (κ2) is 26.3. The fourth-order valence-corrected chi connectivity index (χ4v) is 11.9. The highest BCUT2D eigenvalue weighted by Gasteiger charge is 2.11. The predicted molar refractivity (Wildman–Crippen MR) is 314 cm³/mol. The summed E-state index contributed by atoms with van der Waals surface area (Å²) in [4.78, 5) is 22.3. The van der Waals surface area contributed by atoms with Crippen LogP contribution < -0.4 is 45.6 Å². The summed E-state index contributed by atoms with van der Waals surface area (Å²) in [7, 11) is 9.84. The first kappa shape index (κ1) is 55.6. The number of nitrogens with two attached hydrogens (primary N) is 3. The molecule has 5 aromatic heterocycles. The molecule has 376 valence electrons. The van der Waals surface area contributed by atoms with Crippen molar-refractivity contribution < 1.29 is 28.4 Å². The number of nitrogen functional groups attached to an aromatic ring is 3. The van der Waals surface area contributed by atoms with Gasteiger partial charge in [0.05, 0.1) is 86.9 Å². The molecule has 0 fully saturated rings. The summed E-state index contributed by atoms with van der Waals surface area (Å²) in [6, 6.07) is 30.8. The molecule has 0 saturated carbocycles. The lowest BCUT2D eigenvalue weighted by Gasteiger charge is -2.04. The SMILES string of the molecule is COc1ccc(Br)c2sc(C)nc12.COc1ccc(Br)c2sc(C)nc12.COc1cccc(S)c1N.COc1cccc2sc(C)nc12.COc1cccc2sc(N)nc12.COc1cccc2sc(N)nc12. The maximum Gasteiger partial charge on any atom is 0.181 e. The fourth-order valence-electron chi connectivity index (χ4n) is 6.57. The van der Waals surface area contributed by atoms with Crippen LogP contribution in [0.15, 0.2) is 111 Å². The van der Waals surface area contributed by atoms with Gasteiger partial charge in [-0.05, 0) is 125 Å². The van der Waals surface area contributed by atoms with Crippen LogP contribution in [0.1, 0.15) is 15.0 Å². The molecule has 22 heteroatoms. The molecule has 0 atom stereocenters. The molecule has 0 amide bonds. The van der Waals surface area contributed by atoms with Gasteiger partial charge < -0.3 is 45.6 Å². The minimum atomic E-state index is 0.578. The van der Waals surface area contributed by atoms with Gasteiger partial charge in [-0.3, -0.25) is 0 Å². The number of halogens is 2. The summed E-state index contributed by atoms with van der Waals surface area (Å²) in [5.74, 6) is 4.76. The average Bonchev–Trinajstić information content (AvgIpc) is 4.23. The molecule has 0 bridgehead atoms. The van der Waals surface area contributed by atoms with Gasteiger partial charge in [0.1, 0.15) is 62.1 Å². The summed E-state index contributed by atoms with van der Waals surface area (Å²) >= 11 is 19.1. The Morgan fingerprint density at radius 3 is 1.10 bits per heavy atom. The first-order chi connectivity index (χ1) is 34.6. The number of thiol groups is 1. The number of nitrogens with zero attached hydrogens (tertiary/aromatic N) is 5. The van der Waals surface area contributed by atoms with E-state index < -0.39 is 0 Å². The van der Waals surface area contributed by atoms with E-state index in [1.54, 1.807) is 82.7 Å². The molecule has 0 spiro atoms. The number of fused-ring (bicyclic) bond motifs is 5. The van der Waals surface area contributed by atoms with Gasteiger partial charge >= 0.3 is 0 Å². The third-order valence-corrected chi connectivity index (χ3v) is 16.7. The fraction of sp³-hybridized carbons (Fsp3) is 0.180. The third-order valence-electron chi connectivity index (χ3n) is 9.78. The minimum absolute atomic E-state index is 0.578. The van der Waals surface area contributed by atoms with Crippen molar-refractivity contribution >= 4 is 168 Å². The van der Waals surface area contributed by atoms with E-state index in [-0.39, 0.29) is 0 Å². The Morgan fingerprint density at radius 1 is 0.389 bits per heavy atom. The van der Waals surface area contributed by atoms with Gasteiger partial charge in [-0.2, -0.15) is 0 Å². The summed E-state index contributed by atoms with van der Waals surface area (Å²) < 4.78 is 38.6. The van der Waals surface area contributed by atoms with Gasteiger partial charge in [-0.25, -0.2) is 24.9 Å². The van der Waals surface area contributed by atoms with E-state index in [9.17, 15) is 0 Å². The molecule has 0 radical (unpaired) electrons. The van der Waals surface area contributed by atoms with Crippen molar-refractivity contribution in [2.75, 3.05) is 59.9 Å². The van der Waals surface area contributed by atoms with Crippen molar-refractivity contribution in [1.29, 1.82) is 0 Å². The Kier molecular flexibility index (Phi) is 20.3. The number of para-hydroxylation sites is 4. The molecule has 0 saturated heterocycles. The van der Waals surface area contributed by atoms with Crippen LogP contribution in [0.2, 0.25) is 0 Å². The Bertz CT molecular complexity index is 3290. The van der Waals surface area contributed by atoms with Gasteiger partial charge in [0.25, 0.3) is 0 Å². The van der Waals surface area contributed by atoms with E-state index in [0.717, 1.165) is 104 Å². The Morgan fingerprint density at radius 2 is 0.708 bits per heavy atom. The van der Waals surface area contributed by atoms with Crippen LogP contribution in [0, 0.1) is 20.8 Å². The van der Waals surface area contributed by atoms with E-state index in [1.165, 1.54) is 27.4 Å². The lowest BCUT2D eigenvalue weighted by Crippen LogP contribution is -1.92. The van der Waals surface area contributed by atoms with Crippen LogP contribution in [-0.4, -0.2) is 67.6 Å². The quantitative estimate of drug-likeness (QED) is 0.0906. The van der Waals surface area contributed by atoms with Crippen LogP contribution in [0.5, 0.6) is 34.5 Å². The molecular weight excluding hydrogens is 1160 g/mol. The van der Waals surface area contributed by atoms with Crippen molar-refractivity contribution in [2.45, 2.75) is 25.7 Å². The number of ether oxygens (including phenoxy) is 6. The smallest absolute Gasteiger partial charge is 0.181 e. The van der Waals surface area contributed by atoms with E-state index in [2.05, 4.69) is 75.5 Å². The van der Waals surface area contributed by atoms with Crippen molar-refractivity contribution in [3.8, 4) is 34.5 Å². The maximum atomic E-state index is 5.59. The summed E-state index contributed by atoms with van der Waals surface area (Å²) in [6.07, 6.45) is 0. The number of aromatic nitrogens is 5. The topological polar surface area (TPSA) is 198 Å². The van der Waals surface area contributed by atoms with Crippen LogP contribution >= 0.6 is 101 Å². The molecule has 0 aliphatic heterocycles. The zero-order valence-corrected chi connectivity index (χ0v) is 48.5. The average molecular weight is 1210 g/mol. The van der Waals surface area contributed by atoms with Crippen LogP contribution in [0.3, 0.4) is 0 Å². The minimum Gasteiger partial charge on any atom is -0.495 e. The van der Waals surface area contributed by atoms with Crippen molar-refractivity contribution in [3.63, 3.8) is 0 Å². The van der Waals surface area contributed by atoms with E-state index >= 15 is 0 Å². The number of hydrogen-bond acceptors (Lipinski definition) is 20. The van der Waals surface area contributed by atoms with Crippen molar-refractivity contribution in [1.82, 2.24) is 24.9 Å². The first-order valence-corrected chi connectivity index (χ1v) is 27.3. The molecule has 5 heterocycles. The number of methoxy groups -OCH3 is 6. The molecule has 11 aromatic rings. The third kappa shape index (κ3) is 13.9. The van der Waals surface area contributed by atoms with Gasteiger partial charge in [-0.15, -0.1) is 46.6 Å². The Hall–Kier alpha value is -5.72. The summed E-state index contributed by atoms with van der Waals surface area (Å²) in [5.41, 5.74) is 21.9. The van der Waals surface area contributed by atoms with Crippen molar-refractivity contribution in [3.05, 3.63) is 121 Å². The number of thiazole rings is 5. The van der Waals surface area contributed by atoms with Gasteiger partial charge in [0.2, 0.25) is 0 Å². The zero-order chi connectivity index (χ0) is 52.1. The Balaban J connectivity index is 0.000000141. The lowest BCUT2D eigenvalue weighted by molar-refractivity contribution is 0.416. The lowest BCUT2D eigenvalue weighted by atomic mass is 10.3. The molecule has 0 aliphatic carbocycles. The van der Waals surface area contributed by atoms with E-state index in [0.29, 0.717) is 21.7 Å². The highest BCUT2D eigenvalue weighted by Crippen LogP contribution is 2.37. The molecule has 6 aromatic carbocycles.